The summed E-state index contributed by atoms with van der Waals surface area (Å²) in [6.07, 6.45) is 9.73. The Morgan fingerprint density at radius 2 is 1.77 bits per heavy atom. The van der Waals surface area contributed by atoms with E-state index in [1.54, 1.807) is 0 Å². The number of hydrogen-bond acceptors (Lipinski definition) is 3. The normalized spacial score (nSPS) is 21.7. The van der Waals surface area contributed by atoms with Crippen molar-refractivity contribution in [2.45, 2.75) is 76.9 Å². The molecule has 1 aromatic carbocycles. The van der Waals surface area contributed by atoms with E-state index in [-0.39, 0.29) is 0 Å². The van der Waals surface area contributed by atoms with E-state index < -0.39 is 0 Å². The highest BCUT2D eigenvalue weighted by molar-refractivity contribution is 5.27. The highest BCUT2D eigenvalue weighted by Gasteiger charge is 2.17. The van der Waals surface area contributed by atoms with Gasteiger partial charge >= 0.3 is 0 Å². The van der Waals surface area contributed by atoms with Crippen molar-refractivity contribution in [2.24, 2.45) is 5.73 Å². The summed E-state index contributed by atoms with van der Waals surface area (Å²) in [5.74, 6) is 0.990. The third-order valence-electron chi connectivity index (χ3n) is 4.56. The average Bonchev–Trinajstić information content (AvgIpc) is 2.55. The fraction of sp³-hybridized carbons (Fsp3) is 0.684. The number of nitrogens with two attached hydrogens (primary N) is 1. The van der Waals surface area contributed by atoms with Gasteiger partial charge in [0, 0.05) is 18.6 Å². The van der Waals surface area contributed by atoms with Gasteiger partial charge in [0.15, 0.2) is 0 Å². The smallest absolute Gasteiger partial charge is 0.119 e. The molecule has 0 saturated heterocycles. The van der Waals surface area contributed by atoms with E-state index in [0.29, 0.717) is 12.1 Å². The number of unbranched alkanes of at least 4 members (excludes halogenated alkanes) is 3. The zero-order valence-electron chi connectivity index (χ0n) is 14.0. The van der Waals surface area contributed by atoms with Crippen LogP contribution < -0.4 is 15.8 Å². The Hall–Kier alpha value is -1.06. The van der Waals surface area contributed by atoms with Crippen LogP contribution >= 0.6 is 0 Å². The minimum absolute atomic E-state index is 0.423. The van der Waals surface area contributed by atoms with Gasteiger partial charge in [-0.05, 0) is 49.8 Å². The highest BCUT2D eigenvalue weighted by Crippen LogP contribution is 2.18. The van der Waals surface area contributed by atoms with Gasteiger partial charge in [-0.2, -0.15) is 0 Å². The first-order valence-electron chi connectivity index (χ1n) is 8.98. The summed E-state index contributed by atoms with van der Waals surface area (Å²) in [6.45, 7) is 4.01. The molecular formula is C19H32N2O. The largest absolute Gasteiger partial charge is 0.494 e. The summed E-state index contributed by atoms with van der Waals surface area (Å²) < 4.78 is 5.78. The minimum Gasteiger partial charge on any atom is -0.494 e. The van der Waals surface area contributed by atoms with Gasteiger partial charge in [0.2, 0.25) is 0 Å². The van der Waals surface area contributed by atoms with Crippen molar-refractivity contribution in [3.8, 4) is 5.75 Å². The van der Waals surface area contributed by atoms with Crippen LogP contribution in [0.3, 0.4) is 0 Å². The molecule has 0 aromatic heterocycles. The van der Waals surface area contributed by atoms with E-state index in [0.717, 1.165) is 38.2 Å². The third-order valence-corrected chi connectivity index (χ3v) is 4.56. The van der Waals surface area contributed by atoms with Crippen LogP contribution in [0.25, 0.3) is 0 Å². The number of rotatable bonds is 9. The molecular weight excluding hydrogens is 272 g/mol. The summed E-state index contributed by atoms with van der Waals surface area (Å²) >= 11 is 0. The maximum absolute atomic E-state index is 5.95. The van der Waals surface area contributed by atoms with Crippen LogP contribution in [0.4, 0.5) is 0 Å². The maximum atomic E-state index is 5.95. The lowest BCUT2D eigenvalue weighted by Crippen LogP contribution is -2.36. The lowest BCUT2D eigenvalue weighted by Gasteiger charge is -2.27. The number of benzene rings is 1. The molecule has 3 heteroatoms. The van der Waals surface area contributed by atoms with Gasteiger partial charge < -0.3 is 15.8 Å². The van der Waals surface area contributed by atoms with Crippen molar-refractivity contribution in [3.63, 3.8) is 0 Å². The molecule has 1 aliphatic rings. The Morgan fingerprint density at radius 1 is 1.05 bits per heavy atom. The number of nitrogens with one attached hydrogen (secondary N) is 1. The molecule has 0 aliphatic heterocycles. The van der Waals surface area contributed by atoms with Crippen molar-refractivity contribution in [3.05, 3.63) is 29.8 Å². The molecule has 1 fully saturated rings. The molecule has 0 heterocycles. The zero-order chi connectivity index (χ0) is 15.6. The summed E-state index contributed by atoms with van der Waals surface area (Å²) in [7, 11) is 0. The van der Waals surface area contributed by atoms with Crippen molar-refractivity contribution in [1.82, 2.24) is 5.32 Å². The van der Waals surface area contributed by atoms with Gasteiger partial charge in [0.05, 0.1) is 6.61 Å². The molecule has 0 amide bonds. The molecule has 0 spiro atoms. The van der Waals surface area contributed by atoms with Gasteiger partial charge in [-0.15, -0.1) is 0 Å². The topological polar surface area (TPSA) is 47.3 Å². The predicted octanol–water partition coefficient (Wildman–Crippen LogP) is 4.01. The summed E-state index contributed by atoms with van der Waals surface area (Å²) in [5.41, 5.74) is 7.27. The second-order valence-electron chi connectivity index (χ2n) is 6.55. The molecule has 1 aromatic rings. The van der Waals surface area contributed by atoms with Gasteiger partial charge in [0.1, 0.15) is 5.75 Å². The number of ether oxygens (including phenoxy) is 1. The minimum atomic E-state index is 0.423. The quantitative estimate of drug-likeness (QED) is 0.678. The Labute approximate surface area is 135 Å². The second kappa shape index (κ2) is 9.86. The van der Waals surface area contributed by atoms with Crippen LogP contribution in [0.2, 0.25) is 0 Å². The lowest BCUT2D eigenvalue weighted by molar-refractivity contribution is 0.305. The average molecular weight is 304 g/mol. The van der Waals surface area contributed by atoms with Gasteiger partial charge in [-0.3, -0.25) is 0 Å². The first-order valence-corrected chi connectivity index (χ1v) is 8.98. The van der Waals surface area contributed by atoms with Crippen LogP contribution in [0.15, 0.2) is 24.3 Å². The molecule has 22 heavy (non-hydrogen) atoms. The summed E-state index contributed by atoms with van der Waals surface area (Å²) in [4.78, 5) is 0. The van der Waals surface area contributed by atoms with Crippen LogP contribution in [0.1, 0.15) is 63.9 Å². The van der Waals surface area contributed by atoms with Crippen molar-refractivity contribution in [1.29, 1.82) is 0 Å². The summed E-state index contributed by atoms with van der Waals surface area (Å²) in [6, 6.07) is 9.58. The molecule has 3 nitrogen and oxygen atoms in total. The van der Waals surface area contributed by atoms with Crippen molar-refractivity contribution >= 4 is 0 Å². The van der Waals surface area contributed by atoms with Crippen LogP contribution in [-0.2, 0) is 6.54 Å². The molecule has 1 saturated carbocycles. The van der Waals surface area contributed by atoms with E-state index in [4.69, 9.17) is 10.5 Å². The SMILES string of the molecule is CCCCCCOc1ccc(CNC2CCC(N)CC2)cc1. The standard InChI is InChI=1S/C19H32N2O/c1-2-3-4-5-14-22-19-12-6-16(7-13-19)15-21-18-10-8-17(20)9-11-18/h6-7,12-13,17-18,21H,2-5,8-11,14-15,20H2,1H3. The fourth-order valence-electron chi connectivity index (χ4n) is 3.01. The molecule has 2 rings (SSSR count). The molecule has 0 radical (unpaired) electrons. The summed E-state index contributed by atoms with van der Waals surface area (Å²) in [5, 5.41) is 3.65. The van der Waals surface area contributed by atoms with E-state index in [2.05, 4.69) is 36.5 Å². The van der Waals surface area contributed by atoms with Crippen LogP contribution in [0.5, 0.6) is 5.75 Å². The Balaban J connectivity index is 1.64. The Bertz CT molecular complexity index is 396. The van der Waals surface area contributed by atoms with Crippen molar-refractivity contribution in [2.75, 3.05) is 6.61 Å². The Morgan fingerprint density at radius 3 is 2.45 bits per heavy atom. The molecule has 0 unspecified atom stereocenters. The fourth-order valence-corrected chi connectivity index (χ4v) is 3.01. The van der Waals surface area contributed by atoms with E-state index in [9.17, 15) is 0 Å². The molecule has 1 aliphatic carbocycles. The van der Waals surface area contributed by atoms with Gasteiger partial charge in [-0.1, -0.05) is 38.3 Å². The van der Waals surface area contributed by atoms with Crippen LogP contribution in [-0.4, -0.2) is 18.7 Å². The maximum Gasteiger partial charge on any atom is 0.119 e. The lowest BCUT2D eigenvalue weighted by atomic mass is 9.92. The Kier molecular flexibility index (Phi) is 7.75. The number of hydrogen-bond donors (Lipinski definition) is 2. The monoisotopic (exact) mass is 304 g/mol. The first kappa shape index (κ1) is 17.3. The van der Waals surface area contributed by atoms with E-state index in [1.807, 2.05) is 0 Å². The zero-order valence-corrected chi connectivity index (χ0v) is 14.0. The van der Waals surface area contributed by atoms with Crippen LogP contribution in [0, 0.1) is 0 Å². The molecule has 3 N–H and O–H groups in total. The van der Waals surface area contributed by atoms with Crippen molar-refractivity contribution < 1.29 is 4.74 Å². The van der Waals surface area contributed by atoms with E-state index >= 15 is 0 Å². The molecule has 124 valence electrons. The molecule has 0 bridgehead atoms. The molecule has 0 atom stereocenters. The predicted molar refractivity (Wildman–Crippen MR) is 93.2 cm³/mol. The van der Waals surface area contributed by atoms with E-state index in [1.165, 1.54) is 37.7 Å². The third kappa shape index (κ3) is 6.37. The highest BCUT2D eigenvalue weighted by atomic mass is 16.5. The van der Waals surface area contributed by atoms with Gasteiger partial charge in [-0.25, -0.2) is 0 Å². The second-order valence-corrected chi connectivity index (χ2v) is 6.55. The first-order chi connectivity index (χ1) is 10.8. The van der Waals surface area contributed by atoms with Gasteiger partial charge in [0.25, 0.3) is 0 Å².